The Morgan fingerprint density at radius 1 is 1.57 bits per heavy atom. The summed E-state index contributed by atoms with van der Waals surface area (Å²) in [7, 11) is 0. The minimum atomic E-state index is 0.490. The van der Waals surface area contributed by atoms with Crippen molar-refractivity contribution in [2.75, 3.05) is 5.75 Å². The van der Waals surface area contributed by atoms with Gasteiger partial charge in [-0.3, -0.25) is 0 Å². The van der Waals surface area contributed by atoms with E-state index in [0.29, 0.717) is 11.8 Å². The van der Waals surface area contributed by atoms with E-state index in [1.54, 1.807) is 0 Å². The molecule has 0 bridgehead atoms. The average molecular weight is 207 g/mol. The molecule has 0 unspecified atom stereocenters. The van der Waals surface area contributed by atoms with Crippen molar-refractivity contribution in [3.63, 3.8) is 0 Å². The van der Waals surface area contributed by atoms with E-state index in [1.807, 2.05) is 12.4 Å². The number of aromatic nitrogens is 2. The lowest BCUT2D eigenvalue weighted by Gasteiger charge is -2.13. The lowest BCUT2D eigenvalue weighted by atomic mass is 10.2. The summed E-state index contributed by atoms with van der Waals surface area (Å²) in [6, 6.07) is 2.76. The van der Waals surface area contributed by atoms with Crippen LogP contribution in [0.4, 0.5) is 0 Å². The Labute approximate surface area is 88.1 Å². The van der Waals surface area contributed by atoms with Crippen LogP contribution in [0.15, 0.2) is 17.6 Å². The van der Waals surface area contributed by atoms with Crippen molar-refractivity contribution >= 4 is 11.8 Å². The van der Waals surface area contributed by atoms with Crippen LogP contribution in [0.1, 0.15) is 31.7 Å². The van der Waals surface area contributed by atoms with Crippen LogP contribution in [0, 0.1) is 11.3 Å². The van der Waals surface area contributed by atoms with Crippen molar-refractivity contribution in [2.24, 2.45) is 0 Å². The minimum absolute atomic E-state index is 0.490. The molecule has 0 radical (unpaired) electrons. The quantitative estimate of drug-likeness (QED) is 0.715. The van der Waals surface area contributed by atoms with E-state index in [2.05, 4.69) is 15.6 Å². The van der Waals surface area contributed by atoms with Crippen LogP contribution in [-0.4, -0.2) is 15.3 Å². The molecule has 4 heteroatoms. The van der Waals surface area contributed by atoms with Gasteiger partial charge in [-0.25, -0.2) is 4.98 Å². The number of nitrogens with zero attached hydrogens (tertiary/aromatic N) is 3. The predicted octanol–water partition coefficient (Wildman–Crippen LogP) is 2.61. The molecule has 0 aromatic carbocycles. The van der Waals surface area contributed by atoms with Crippen LogP contribution in [-0.2, 0) is 0 Å². The van der Waals surface area contributed by atoms with E-state index < -0.39 is 0 Å². The van der Waals surface area contributed by atoms with Gasteiger partial charge in [-0.15, -0.1) is 0 Å². The second kappa shape index (κ2) is 4.52. The molecule has 0 aliphatic heterocycles. The van der Waals surface area contributed by atoms with Crippen LogP contribution < -0.4 is 0 Å². The summed E-state index contributed by atoms with van der Waals surface area (Å²) in [5.41, 5.74) is 0. The first-order valence-corrected chi connectivity index (χ1v) is 5.93. The van der Waals surface area contributed by atoms with E-state index in [0.717, 1.165) is 5.16 Å². The summed E-state index contributed by atoms with van der Waals surface area (Å²) in [5.74, 6) is 0.490. The highest BCUT2D eigenvalue weighted by Gasteiger charge is 2.18. The molecule has 1 heterocycles. The van der Waals surface area contributed by atoms with Crippen LogP contribution >= 0.6 is 11.8 Å². The zero-order chi connectivity index (χ0) is 9.80. The fraction of sp³-hybridized carbons (Fsp3) is 0.600. The molecule has 2 rings (SSSR count). The summed E-state index contributed by atoms with van der Waals surface area (Å²) < 4.78 is 2.23. The lowest BCUT2D eigenvalue weighted by Crippen LogP contribution is -2.04. The van der Waals surface area contributed by atoms with Crippen molar-refractivity contribution < 1.29 is 0 Å². The average Bonchev–Trinajstić information content (AvgIpc) is 2.84. The van der Waals surface area contributed by atoms with Gasteiger partial charge in [0.2, 0.25) is 0 Å². The Morgan fingerprint density at radius 3 is 3.07 bits per heavy atom. The van der Waals surface area contributed by atoms with Crippen LogP contribution in [0.2, 0.25) is 0 Å². The van der Waals surface area contributed by atoms with Gasteiger partial charge >= 0.3 is 0 Å². The normalized spacial score (nSPS) is 17.1. The summed E-state index contributed by atoms with van der Waals surface area (Å²) in [4.78, 5) is 4.27. The number of hydrogen-bond donors (Lipinski definition) is 0. The molecule has 1 aliphatic rings. The molecule has 0 N–H and O–H groups in total. The van der Waals surface area contributed by atoms with Gasteiger partial charge in [0.05, 0.1) is 11.8 Å². The molecule has 0 atom stereocenters. The number of hydrogen-bond acceptors (Lipinski definition) is 3. The van der Waals surface area contributed by atoms with Gasteiger partial charge in [0.15, 0.2) is 5.16 Å². The van der Waals surface area contributed by atoms with E-state index in [9.17, 15) is 0 Å². The predicted molar refractivity (Wildman–Crippen MR) is 56.1 cm³/mol. The largest absolute Gasteiger partial charge is 0.323 e. The second-order valence-electron chi connectivity index (χ2n) is 3.50. The Morgan fingerprint density at radius 2 is 2.36 bits per heavy atom. The smallest absolute Gasteiger partial charge is 0.169 e. The second-order valence-corrected chi connectivity index (χ2v) is 4.44. The third-order valence-electron chi connectivity index (χ3n) is 2.62. The standard InChI is InChI=1S/C10H13N3S/c11-5-8-14-10-12-6-7-13(10)9-3-1-2-4-9/h6-7,9H,1-4,8H2. The van der Waals surface area contributed by atoms with Crippen molar-refractivity contribution in [3.05, 3.63) is 12.4 Å². The van der Waals surface area contributed by atoms with Gasteiger partial charge in [0.1, 0.15) is 0 Å². The van der Waals surface area contributed by atoms with Gasteiger partial charge in [-0.2, -0.15) is 5.26 Å². The molecular weight excluding hydrogens is 194 g/mol. The topological polar surface area (TPSA) is 41.6 Å². The van der Waals surface area contributed by atoms with Crippen molar-refractivity contribution in [1.29, 1.82) is 5.26 Å². The van der Waals surface area contributed by atoms with Crippen molar-refractivity contribution in [3.8, 4) is 6.07 Å². The fourth-order valence-corrected chi connectivity index (χ4v) is 2.66. The van der Waals surface area contributed by atoms with Gasteiger partial charge in [0.25, 0.3) is 0 Å². The number of thioether (sulfide) groups is 1. The van der Waals surface area contributed by atoms with E-state index >= 15 is 0 Å². The Balaban J connectivity index is 2.08. The Kier molecular flexibility index (Phi) is 3.10. The van der Waals surface area contributed by atoms with Crippen molar-refractivity contribution in [1.82, 2.24) is 9.55 Å². The molecule has 3 nitrogen and oxygen atoms in total. The molecule has 0 saturated heterocycles. The first kappa shape index (κ1) is 9.60. The highest BCUT2D eigenvalue weighted by atomic mass is 32.2. The maximum absolute atomic E-state index is 8.51. The molecule has 14 heavy (non-hydrogen) atoms. The number of imidazole rings is 1. The summed E-state index contributed by atoms with van der Waals surface area (Å²) >= 11 is 1.53. The highest BCUT2D eigenvalue weighted by Crippen LogP contribution is 2.32. The molecule has 1 saturated carbocycles. The Bertz CT molecular complexity index is 333. The van der Waals surface area contributed by atoms with Gasteiger partial charge in [-0.1, -0.05) is 24.6 Å². The molecule has 1 aromatic heterocycles. The van der Waals surface area contributed by atoms with Crippen LogP contribution in [0.25, 0.3) is 0 Å². The van der Waals surface area contributed by atoms with E-state index in [-0.39, 0.29) is 0 Å². The SMILES string of the molecule is N#CCSc1nccn1C1CCCC1. The molecule has 0 spiro atoms. The molecule has 1 fully saturated rings. The first-order valence-electron chi connectivity index (χ1n) is 4.94. The van der Waals surface area contributed by atoms with Gasteiger partial charge in [-0.05, 0) is 12.8 Å². The third kappa shape index (κ3) is 1.93. The zero-order valence-electron chi connectivity index (χ0n) is 8.02. The molecule has 74 valence electrons. The Hall–Kier alpha value is -0.950. The highest BCUT2D eigenvalue weighted by molar-refractivity contribution is 7.99. The van der Waals surface area contributed by atoms with Crippen LogP contribution in [0.5, 0.6) is 0 Å². The van der Waals surface area contributed by atoms with E-state index in [1.165, 1.54) is 37.4 Å². The summed E-state index contributed by atoms with van der Waals surface area (Å²) in [5, 5.41) is 9.51. The van der Waals surface area contributed by atoms with Crippen LogP contribution in [0.3, 0.4) is 0 Å². The summed E-state index contributed by atoms with van der Waals surface area (Å²) in [6.07, 6.45) is 9.04. The zero-order valence-corrected chi connectivity index (χ0v) is 8.83. The van der Waals surface area contributed by atoms with Gasteiger partial charge < -0.3 is 4.57 Å². The number of rotatable bonds is 3. The monoisotopic (exact) mass is 207 g/mol. The molecular formula is C10H13N3S. The number of nitriles is 1. The maximum Gasteiger partial charge on any atom is 0.169 e. The third-order valence-corrected chi connectivity index (χ3v) is 3.46. The lowest BCUT2D eigenvalue weighted by molar-refractivity contribution is 0.481. The van der Waals surface area contributed by atoms with E-state index in [4.69, 9.17) is 5.26 Å². The fourth-order valence-electron chi connectivity index (χ4n) is 1.97. The molecule has 1 aliphatic carbocycles. The summed E-state index contributed by atoms with van der Waals surface area (Å²) in [6.45, 7) is 0. The molecule has 0 amide bonds. The first-order chi connectivity index (χ1) is 6.92. The molecule has 1 aromatic rings. The van der Waals surface area contributed by atoms with Gasteiger partial charge in [0, 0.05) is 18.4 Å². The minimum Gasteiger partial charge on any atom is -0.323 e. The maximum atomic E-state index is 8.51. The van der Waals surface area contributed by atoms with Crippen molar-refractivity contribution in [2.45, 2.75) is 36.9 Å².